The second kappa shape index (κ2) is 5.38. The van der Waals surface area contributed by atoms with E-state index in [-0.39, 0.29) is 5.97 Å². The van der Waals surface area contributed by atoms with Crippen LogP contribution >= 0.6 is 11.3 Å². The molecule has 1 aromatic heterocycles. The van der Waals surface area contributed by atoms with Gasteiger partial charge in [0.05, 0.1) is 7.11 Å². The third kappa shape index (κ3) is 2.37. The molecule has 3 nitrogen and oxygen atoms in total. The molecule has 20 heavy (non-hydrogen) atoms. The van der Waals surface area contributed by atoms with Crippen molar-refractivity contribution in [2.75, 3.05) is 20.7 Å². The molecule has 0 radical (unpaired) electrons. The number of benzene rings is 1. The minimum atomic E-state index is -0.251. The van der Waals surface area contributed by atoms with Crippen LogP contribution < -0.4 is 0 Å². The van der Waals surface area contributed by atoms with Gasteiger partial charge in [-0.3, -0.25) is 0 Å². The lowest BCUT2D eigenvalue weighted by Gasteiger charge is -2.32. The molecule has 0 fully saturated rings. The molecule has 0 aliphatic carbocycles. The van der Waals surface area contributed by atoms with Crippen LogP contribution in [0.4, 0.5) is 0 Å². The fourth-order valence-corrected chi connectivity index (χ4v) is 3.69. The summed E-state index contributed by atoms with van der Waals surface area (Å²) in [5.41, 5.74) is 3.95. The molecule has 0 amide bonds. The normalized spacial score (nSPS) is 18.6. The largest absolute Gasteiger partial charge is 0.465 e. The molecule has 4 heteroatoms. The van der Waals surface area contributed by atoms with Crippen molar-refractivity contribution in [2.45, 2.75) is 12.5 Å². The van der Waals surface area contributed by atoms with Crippen molar-refractivity contribution >= 4 is 17.3 Å². The van der Waals surface area contributed by atoms with Gasteiger partial charge >= 0.3 is 5.97 Å². The van der Waals surface area contributed by atoms with Gasteiger partial charge in [0, 0.05) is 19.0 Å². The van der Waals surface area contributed by atoms with E-state index in [1.807, 2.05) is 6.07 Å². The number of nitrogens with zero attached hydrogens (tertiary/aromatic N) is 1. The van der Waals surface area contributed by atoms with Crippen molar-refractivity contribution in [1.29, 1.82) is 0 Å². The molecule has 0 N–H and O–H groups in total. The van der Waals surface area contributed by atoms with Crippen molar-refractivity contribution in [1.82, 2.24) is 4.90 Å². The summed E-state index contributed by atoms with van der Waals surface area (Å²) >= 11 is 1.46. The number of ether oxygens (including phenoxy) is 1. The van der Waals surface area contributed by atoms with E-state index in [2.05, 4.69) is 41.6 Å². The molecule has 104 valence electrons. The molecule has 0 bridgehead atoms. The Hall–Kier alpha value is -1.65. The molecular weight excluding hydrogens is 270 g/mol. The smallest absolute Gasteiger partial charge is 0.348 e. The first-order chi connectivity index (χ1) is 9.69. The first-order valence-corrected chi connectivity index (χ1v) is 7.50. The monoisotopic (exact) mass is 287 g/mol. The predicted octanol–water partition coefficient (Wildman–Crippen LogP) is 3.11. The van der Waals surface area contributed by atoms with Gasteiger partial charge in [-0.25, -0.2) is 4.79 Å². The molecule has 1 atom stereocenters. The molecular formula is C16H17NO2S. The quantitative estimate of drug-likeness (QED) is 0.795. The highest BCUT2D eigenvalue weighted by atomic mass is 32.1. The van der Waals surface area contributed by atoms with Gasteiger partial charge in [-0.1, -0.05) is 24.3 Å². The van der Waals surface area contributed by atoms with Gasteiger partial charge in [0.2, 0.25) is 0 Å². The van der Waals surface area contributed by atoms with Crippen molar-refractivity contribution in [3.8, 4) is 0 Å². The van der Waals surface area contributed by atoms with Crippen LogP contribution in [0.5, 0.6) is 0 Å². The summed E-state index contributed by atoms with van der Waals surface area (Å²) in [7, 11) is 3.56. The number of hydrogen-bond donors (Lipinski definition) is 0. The van der Waals surface area contributed by atoms with Gasteiger partial charge < -0.3 is 9.64 Å². The van der Waals surface area contributed by atoms with Crippen LogP contribution in [0.2, 0.25) is 0 Å². The first kappa shape index (κ1) is 13.3. The fraction of sp³-hybridized carbons (Fsp3) is 0.312. The lowest BCUT2D eigenvalue weighted by molar-refractivity contribution is 0.0606. The Labute approximate surface area is 122 Å². The van der Waals surface area contributed by atoms with Crippen molar-refractivity contribution < 1.29 is 9.53 Å². The highest BCUT2D eigenvalue weighted by molar-refractivity contribution is 7.12. The van der Waals surface area contributed by atoms with Crippen LogP contribution in [0.1, 0.15) is 32.3 Å². The maximum atomic E-state index is 11.6. The number of carbonyl (C=O) groups excluding carboxylic acids is 1. The highest BCUT2D eigenvalue weighted by Crippen LogP contribution is 2.35. The van der Waals surface area contributed by atoms with E-state index in [9.17, 15) is 4.79 Å². The van der Waals surface area contributed by atoms with Crippen molar-refractivity contribution in [3.05, 3.63) is 57.3 Å². The number of esters is 1. The zero-order chi connectivity index (χ0) is 14.1. The maximum absolute atomic E-state index is 11.6. The Bertz CT molecular complexity index is 635. The van der Waals surface area contributed by atoms with E-state index in [0.29, 0.717) is 10.8 Å². The number of thiophene rings is 1. The summed E-state index contributed by atoms with van der Waals surface area (Å²) in [6, 6.07) is 10.5. The van der Waals surface area contributed by atoms with Crippen LogP contribution in [0.15, 0.2) is 35.7 Å². The summed E-state index contributed by atoms with van der Waals surface area (Å²) in [6.07, 6.45) is 0. The van der Waals surface area contributed by atoms with Crippen LogP contribution in [-0.4, -0.2) is 31.6 Å². The van der Waals surface area contributed by atoms with E-state index < -0.39 is 0 Å². The Morgan fingerprint density at radius 3 is 3.00 bits per heavy atom. The highest BCUT2D eigenvalue weighted by Gasteiger charge is 2.25. The molecule has 1 unspecified atom stereocenters. The van der Waals surface area contributed by atoms with Gasteiger partial charge in [-0.2, -0.15) is 0 Å². The summed E-state index contributed by atoms with van der Waals surface area (Å²) < 4.78 is 4.79. The second-order valence-electron chi connectivity index (χ2n) is 5.18. The Balaban J connectivity index is 1.98. The number of rotatable bonds is 2. The lowest BCUT2D eigenvalue weighted by atomic mass is 9.86. The maximum Gasteiger partial charge on any atom is 0.348 e. The van der Waals surface area contributed by atoms with Crippen LogP contribution in [-0.2, 0) is 11.3 Å². The molecule has 0 saturated carbocycles. The Kier molecular flexibility index (Phi) is 3.59. The second-order valence-corrected chi connectivity index (χ2v) is 6.10. The number of hydrogen-bond acceptors (Lipinski definition) is 4. The summed E-state index contributed by atoms with van der Waals surface area (Å²) in [6.45, 7) is 1.97. The van der Waals surface area contributed by atoms with Gasteiger partial charge in [-0.05, 0) is 35.2 Å². The third-order valence-corrected chi connectivity index (χ3v) is 4.70. The van der Waals surface area contributed by atoms with E-state index in [1.54, 1.807) is 0 Å². The number of fused-ring (bicyclic) bond motifs is 1. The minimum absolute atomic E-state index is 0.251. The van der Waals surface area contributed by atoms with E-state index in [4.69, 9.17) is 4.74 Å². The van der Waals surface area contributed by atoms with Crippen LogP contribution in [0, 0.1) is 0 Å². The number of methoxy groups -OCH3 is 1. The molecule has 0 spiro atoms. The average Bonchev–Trinajstić information content (AvgIpc) is 2.95. The topological polar surface area (TPSA) is 29.5 Å². The van der Waals surface area contributed by atoms with E-state index in [1.165, 1.54) is 35.1 Å². The van der Waals surface area contributed by atoms with Crippen molar-refractivity contribution in [2.24, 2.45) is 0 Å². The predicted molar refractivity (Wildman–Crippen MR) is 80.3 cm³/mol. The zero-order valence-electron chi connectivity index (χ0n) is 11.6. The van der Waals surface area contributed by atoms with E-state index in [0.717, 1.165) is 13.1 Å². The first-order valence-electron chi connectivity index (χ1n) is 6.62. The molecule has 3 rings (SSSR count). The molecule has 0 saturated heterocycles. The summed E-state index contributed by atoms with van der Waals surface area (Å²) in [5, 5.41) is 2.08. The molecule has 1 aromatic carbocycles. The lowest BCUT2D eigenvalue weighted by Crippen LogP contribution is -2.30. The molecule has 2 heterocycles. The van der Waals surface area contributed by atoms with E-state index >= 15 is 0 Å². The van der Waals surface area contributed by atoms with Gasteiger partial charge in [0.15, 0.2) is 0 Å². The Morgan fingerprint density at radius 1 is 1.40 bits per heavy atom. The number of carbonyl (C=O) groups is 1. The number of likely N-dealkylation sites (N-methyl/N-ethyl adjacent to an activating group) is 1. The SMILES string of the molecule is COC(=O)c1cc(C2CN(C)Cc3ccccc32)cs1. The standard InChI is InChI=1S/C16H17NO2S/c1-17-8-11-5-3-4-6-13(11)14(9-17)12-7-15(20-10-12)16(18)19-2/h3-7,10,14H,8-9H2,1-2H3. The van der Waals surface area contributed by atoms with Gasteiger partial charge in [0.25, 0.3) is 0 Å². The minimum Gasteiger partial charge on any atom is -0.465 e. The molecule has 2 aromatic rings. The van der Waals surface area contributed by atoms with Gasteiger partial charge in [0.1, 0.15) is 4.88 Å². The third-order valence-electron chi connectivity index (χ3n) is 3.77. The molecule has 1 aliphatic rings. The molecule has 1 aliphatic heterocycles. The fourth-order valence-electron chi connectivity index (χ4n) is 2.81. The summed E-state index contributed by atoms with van der Waals surface area (Å²) in [4.78, 5) is 14.6. The zero-order valence-corrected chi connectivity index (χ0v) is 12.4. The van der Waals surface area contributed by atoms with Gasteiger partial charge in [-0.15, -0.1) is 11.3 Å². The average molecular weight is 287 g/mol. The van der Waals surface area contributed by atoms with Crippen LogP contribution in [0.25, 0.3) is 0 Å². The van der Waals surface area contributed by atoms with Crippen molar-refractivity contribution in [3.63, 3.8) is 0 Å². The Morgan fingerprint density at radius 2 is 2.20 bits per heavy atom. The van der Waals surface area contributed by atoms with Crippen LogP contribution in [0.3, 0.4) is 0 Å². The summed E-state index contributed by atoms with van der Waals surface area (Å²) in [5.74, 6) is 0.0818.